The number of aryl methyl sites for hydroxylation is 4. The highest BCUT2D eigenvalue weighted by Crippen LogP contribution is 2.50. The molecular formula is C64H76O6. The molecule has 0 saturated heterocycles. The maximum absolute atomic E-state index is 6.98. The number of rotatable bonds is 16. The van der Waals surface area contributed by atoms with E-state index < -0.39 is 0 Å². The van der Waals surface area contributed by atoms with Crippen molar-refractivity contribution in [1.82, 2.24) is 0 Å². The topological polar surface area (TPSA) is 55.4 Å². The summed E-state index contributed by atoms with van der Waals surface area (Å²) in [4.78, 5) is 0. The maximum atomic E-state index is 6.98. The number of ether oxygens (including phenoxy) is 6. The van der Waals surface area contributed by atoms with Crippen molar-refractivity contribution in [3.8, 4) is 56.4 Å². The van der Waals surface area contributed by atoms with E-state index in [0.717, 1.165) is 114 Å². The van der Waals surface area contributed by atoms with Gasteiger partial charge in [0.25, 0.3) is 0 Å². The fourth-order valence-electron chi connectivity index (χ4n) is 12.0. The number of allylic oxidation sites excluding steroid dienone is 5. The highest BCUT2D eigenvalue weighted by molar-refractivity contribution is 5.92. The molecule has 5 aromatic rings. The highest BCUT2D eigenvalue weighted by atomic mass is 16.7. The van der Waals surface area contributed by atoms with Crippen LogP contribution in [-0.4, -0.2) is 40.0 Å². The molecule has 0 N–H and O–H groups in total. The van der Waals surface area contributed by atoms with Crippen LogP contribution >= 0.6 is 0 Å². The Kier molecular flexibility index (Phi) is 16.3. The second-order valence-electron chi connectivity index (χ2n) is 20.5. The molecule has 2 atom stereocenters. The Bertz CT molecular complexity index is 2700. The summed E-state index contributed by atoms with van der Waals surface area (Å²) in [5, 5.41) is 0. The molecule has 6 nitrogen and oxygen atoms in total. The Morgan fingerprint density at radius 2 is 1.01 bits per heavy atom. The van der Waals surface area contributed by atoms with Crippen LogP contribution in [0.5, 0.6) is 23.0 Å². The monoisotopic (exact) mass is 941 g/mol. The zero-order chi connectivity index (χ0) is 48.6. The van der Waals surface area contributed by atoms with E-state index in [-0.39, 0.29) is 25.8 Å². The number of fused-ring (bicyclic) bond motifs is 3. The Morgan fingerprint density at radius 3 is 1.61 bits per heavy atom. The molecule has 4 aliphatic carbocycles. The van der Waals surface area contributed by atoms with Gasteiger partial charge in [-0.15, -0.1) is 0 Å². The van der Waals surface area contributed by atoms with E-state index in [0.29, 0.717) is 6.42 Å². The van der Waals surface area contributed by atoms with Gasteiger partial charge in [-0.2, -0.15) is 0 Å². The van der Waals surface area contributed by atoms with Gasteiger partial charge in [-0.1, -0.05) is 61.5 Å². The number of hydrogen-bond acceptors (Lipinski definition) is 6. The molecule has 70 heavy (non-hydrogen) atoms. The van der Waals surface area contributed by atoms with E-state index in [9.17, 15) is 0 Å². The lowest BCUT2D eigenvalue weighted by Crippen LogP contribution is -2.23. The summed E-state index contributed by atoms with van der Waals surface area (Å²) in [6.45, 7) is 13.8. The van der Waals surface area contributed by atoms with Crippen molar-refractivity contribution >= 4 is 5.57 Å². The first-order valence-electron chi connectivity index (χ1n) is 26.5. The second-order valence-corrected chi connectivity index (χ2v) is 20.5. The van der Waals surface area contributed by atoms with Gasteiger partial charge in [0.2, 0.25) is 0 Å². The summed E-state index contributed by atoms with van der Waals surface area (Å²) in [7, 11) is 3.39. The molecule has 368 valence electrons. The van der Waals surface area contributed by atoms with Gasteiger partial charge in [0.15, 0.2) is 13.6 Å². The van der Waals surface area contributed by atoms with Crippen molar-refractivity contribution < 1.29 is 28.4 Å². The standard InChI is InChI=1S/C64H76O6/c1-42-34-55(63(67-40-65-6)57(36-42)61-44(3)22-10-8-9-11-23-47-24-12-15-27-50(47)61)53-30-18-20-32-59(53)69-45(4)38-46(5)70-60-33-21-19-31-54(60)56-35-43(2)37-58(64(56)68-41-66-7)62-51-28-16-13-25-48(51)39-49-26-14-17-29-52(49)62/h18-21,23,30-37,39,45-46H,3,8-17,22,24-29,38,40-41H2,1-2,4-7H3/b47-23-,61-50+/t45-,46-/m1/s1. The molecule has 0 heterocycles. The molecule has 1 saturated carbocycles. The summed E-state index contributed by atoms with van der Waals surface area (Å²) in [6.07, 6.45) is 22.6. The number of para-hydroxylation sites is 2. The zero-order valence-electron chi connectivity index (χ0n) is 43.0. The minimum absolute atomic E-state index is 0.136. The first kappa shape index (κ1) is 49.4. The Labute approximate surface area is 419 Å². The molecular weight excluding hydrogens is 865 g/mol. The van der Waals surface area contributed by atoms with E-state index in [4.69, 9.17) is 35.0 Å². The van der Waals surface area contributed by atoms with Gasteiger partial charge in [0.1, 0.15) is 23.0 Å². The largest absolute Gasteiger partial charge is 0.490 e. The predicted octanol–water partition coefficient (Wildman–Crippen LogP) is 16.4. The zero-order valence-corrected chi connectivity index (χ0v) is 43.0. The van der Waals surface area contributed by atoms with E-state index in [2.05, 4.69) is 113 Å². The van der Waals surface area contributed by atoms with Gasteiger partial charge in [0, 0.05) is 54.0 Å². The molecule has 0 radical (unpaired) electrons. The number of methoxy groups -OCH3 is 2. The van der Waals surface area contributed by atoms with Crippen LogP contribution in [0.3, 0.4) is 0 Å². The summed E-state index contributed by atoms with van der Waals surface area (Å²) >= 11 is 0. The second kappa shape index (κ2) is 23.1. The van der Waals surface area contributed by atoms with Crippen LogP contribution in [0.25, 0.3) is 39.0 Å². The average Bonchev–Trinajstić information content (AvgIpc) is 3.36. The van der Waals surface area contributed by atoms with E-state index in [1.807, 2.05) is 0 Å². The molecule has 0 amide bonds. The lowest BCUT2D eigenvalue weighted by molar-refractivity contribution is 0.0512. The fourth-order valence-corrected chi connectivity index (χ4v) is 12.0. The van der Waals surface area contributed by atoms with Crippen molar-refractivity contribution in [2.45, 2.75) is 155 Å². The Morgan fingerprint density at radius 1 is 0.514 bits per heavy atom. The van der Waals surface area contributed by atoms with Gasteiger partial charge in [0.05, 0.1) is 12.2 Å². The Balaban J connectivity index is 1.02. The SMILES string of the molecule is C=C1CCCCC/C=C2/CCCC/C2=C/1c1cc(C)cc(-c2ccccc2O[C@H](C)C[C@@H](C)Oc2ccccc2-c2cc(C)cc(-c3c4c(cc5c3CCCC5)CCCC4)c2OCOC)c1OCOC. The minimum atomic E-state index is -0.171. The van der Waals surface area contributed by atoms with Crippen LogP contribution in [0.1, 0.15) is 143 Å². The smallest absolute Gasteiger partial charge is 0.188 e. The average molecular weight is 941 g/mol. The number of hydrogen-bond donors (Lipinski definition) is 0. The molecule has 0 bridgehead atoms. The van der Waals surface area contributed by atoms with Gasteiger partial charge >= 0.3 is 0 Å². The van der Waals surface area contributed by atoms with Crippen molar-refractivity contribution in [1.29, 1.82) is 0 Å². The third kappa shape index (κ3) is 11.0. The van der Waals surface area contributed by atoms with Crippen LogP contribution in [-0.2, 0) is 35.2 Å². The highest BCUT2D eigenvalue weighted by Gasteiger charge is 2.29. The third-order valence-corrected chi connectivity index (χ3v) is 15.0. The summed E-state index contributed by atoms with van der Waals surface area (Å²) in [6, 6.07) is 28.5. The minimum Gasteiger partial charge on any atom is -0.490 e. The van der Waals surface area contributed by atoms with Crippen molar-refractivity contribution in [2.75, 3.05) is 27.8 Å². The molecule has 1 fully saturated rings. The molecule has 0 aliphatic heterocycles. The number of benzene rings is 5. The first-order valence-corrected chi connectivity index (χ1v) is 26.5. The molecule has 6 heteroatoms. The predicted molar refractivity (Wildman–Crippen MR) is 287 cm³/mol. The van der Waals surface area contributed by atoms with E-state index in [1.165, 1.54) is 113 Å². The summed E-state index contributed by atoms with van der Waals surface area (Å²) in [5.74, 6) is 3.30. The molecule has 0 aromatic heterocycles. The van der Waals surface area contributed by atoms with Gasteiger partial charge in [-0.05, 0) is 228 Å². The lowest BCUT2D eigenvalue weighted by atomic mass is 9.76. The van der Waals surface area contributed by atoms with E-state index in [1.54, 1.807) is 14.2 Å². The third-order valence-electron chi connectivity index (χ3n) is 15.0. The summed E-state index contributed by atoms with van der Waals surface area (Å²) in [5.41, 5.74) is 21.5. The van der Waals surface area contributed by atoms with Crippen molar-refractivity contribution in [3.05, 3.63) is 147 Å². The normalized spacial score (nSPS) is 18.9. The molecule has 4 aliphatic rings. The molecule has 5 aromatic carbocycles. The van der Waals surface area contributed by atoms with Crippen LogP contribution in [0.15, 0.2) is 108 Å². The summed E-state index contributed by atoms with van der Waals surface area (Å²) < 4.78 is 38.6. The van der Waals surface area contributed by atoms with Crippen LogP contribution in [0.4, 0.5) is 0 Å². The van der Waals surface area contributed by atoms with Crippen molar-refractivity contribution in [3.63, 3.8) is 0 Å². The van der Waals surface area contributed by atoms with Crippen LogP contribution in [0.2, 0.25) is 0 Å². The fraction of sp³-hybridized carbons (Fsp3) is 0.438. The lowest BCUT2D eigenvalue weighted by Gasteiger charge is -2.29. The van der Waals surface area contributed by atoms with Crippen molar-refractivity contribution in [2.24, 2.45) is 0 Å². The molecule has 0 spiro atoms. The Hall–Kier alpha value is -5.56. The van der Waals surface area contributed by atoms with Gasteiger partial charge in [-0.3, -0.25) is 0 Å². The van der Waals surface area contributed by atoms with Gasteiger partial charge < -0.3 is 28.4 Å². The molecule has 9 rings (SSSR count). The van der Waals surface area contributed by atoms with E-state index >= 15 is 0 Å². The van der Waals surface area contributed by atoms with Crippen LogP contribution in [0, 0.1) is 13.8 Å². The first-order chi connectivity index (χ1) is 34.2. The van der Waals surface area contributed by atoms with Gasteiger partial charge in [-0.25, -0.2) is 0 Å². The quantitative estimate of drug-likeness (QED) is 0.0919. The maximum Gasteiger partial charge on any atom is 0.188 e. The molecule has 0 unspecified atom stereocenters. The van der Waals surface area contributed by atoms with Crippen LogP contribution < -0.4 is 18.9 Å².